The highest BCUT2D eigenvalue weighted by Crippen LogP contribution is 2.35. The average Bonchev–Trinajstić information content (AvgIpc) is 2.02. The summed E-state index contributed by atoms with van der Waals surface area (Å²) in [5, 5.41) is 0.0461. The third-order valence-corrected chi connectivity index (χ3v) is 2.18. The van der Waals surface area contributed by atoms with E-state index < -0.39 is 11.7 Å². The van der Waals surface area contributed by atoms with Crippen LogP contribution < -0.4 is 0 Å². The van der Waals surface area contributed by atoms with Crippen molar-refractivity contribution >= 4 is 23.2 Å². The summed E-state index contributed by atoms with van der Waals surface area (Å²) in [4.78, 5) is 0. The standard InChI is InChI=1S/C8H5Cl2F3/c9-4-5-6(8(11,12)13)2-1-3-7(5)10/h1-3H,4H2. The van der Waals surface area contributed by atoms with Crippen LogP contribution in [0.25, 0.3) is 0 Å². The molecule has 0 aliphatic heterocycles. The van der Waals surface area contributed by atoms with Crippen LogP contribution in [0.3, 0.4) is 0 Å². The second-order valence-electron chi connectivity index (χ2n) is 2.40. The lowest BCUT2D eigenvalue weighted by molar-refractivity contribution is -0.138. The number of benzene rings is 1. The molecular formula is C8H5Cl2F3. The van der Waals surface area contributed by atoms with Gasteiger partial charge in [-0.15, -0.1) is 11.6 Å². The molecule has 0 nitrogen and oxygen atoms in total. The number of halogens is 5. The number of rotatable bonds is 1. The van der Waals surface area contributed by atoms with E-state index >= 15 is 0 Å². The Morgan fingerprint density at radius 1 is 1.23 bits per heavy atom. The van der Waals surface area contributed by atoms with Crippen molar-refractivity contribution in [2.75, 3.05) is 0 Å². The molecule has 1 rings (SSSR count). The summed E-state index contributed by atoms with van der Waals surface area (Å²) >= 11 is 10.9. The van der Waals surface area contributed by atoms with Gasteiger partial charge in [0.1, 0.15) is 0 Å². The predicted octanol–water partition coefficient (Wildman–Crippen LogP) is 4.10. The molecule has 0 saturated carbocycles. The monoisotopic (exact) mass is 228 g/mol. The topological polar surface area (TPSA) is 0 Å². The fourth-order valence-electron chi connectivity index (χ4n) is 0.960. The third-order valence-electron chi connectivity index (χ3n) is 1.56. The van der Waals surface area contributed by atoms with Crippen LogP contribution in [0.5, 0.6) is 0 Å². The van der Waals surface area contributed by atoms with E-state index in [4.69, 9.17) is 23.2 Å². The highest BCUT2D eigenvalue weighted by atomic mass is 35.5. The molecule has 0 aromatic heterocycles. The van der Waals surface area contributed by atoms with Crippen LogP contribution >= 0.6 is 23.2 Å². The third kappa shape index (κ3) is 2.29. The van der Waals surface area contributed by atoms with Gasteiger partial charge < -0.3 is 0 Å². The van der Waals surface area contributed by atoms with Crippen LogP contribution in [0.1, 0.15) is 11.1 Å². The highest BCUT2D eigenvalue weighted by Gasteiger charge is 2.33. The van der Waals surface area contributed by atoms with Crippen LogP contribution in [0.4, 0.5) is 13.2 Å². The van der Waals surface area contributed by atoms with Crippen molar-refractivity contribution in [2.45, 2.75) is 12.1 Å². The van der Waals surface area contributed by atoms with Crippen molar-refractivity contribution in [1.29, 1.82) is 0 Å². The fraction of sp³-hybridized carbons (Fsp3) is 0.250. The van der Waals surface area contributed by atoms with Gasteiger partial charge >= 0.3 is 6.18 Å². The number of alkyl halides is 4. The maximum Gasteiger partial charge on any atom is 0.416 e. The first-order valence-corrected chi connectivity index (χ1v) is 4.28. The molecule has 0 saturated heterocycles. The largest absolute Gasteiger partial charge is 0.416 e. The van der Waals surface area contributed by atoms with Gasteiger partial charge in [-0.3, -0.25) is 0 Å². The summed E-state index contributed by atoms with van der Waals surface area (Å²) in [6.45, 7) is 0. The van der Waals surface area contributed by atoms with Gasteiger partial charge in [-0.25, -0.2) is 0 Å². The summed E-state index contributed by atoms with van der Waals surface area (Å²) in [7, 11) is 0. The summed E-state index contributed by atoms with van der Waals surface area (Å²) in [6, 6.07) is 3.60. The summed E-state index contributed by atoms with van der Waals surface area (Å²) in [6.07, 6.45) is -4.39. The van der Waals surface area contributed by atoms with E-state index in [9.17, 15) is 13.2 Å². The van der Waals surface area contributed by atoms with E-state index in [0.717, 1.165) is 6.07 Å². The van der Waals surface area contributed by atoms with Gasteiger partial charge in [0.05, 0.1) is 5.56 Å². The van der Waals surface area contributed by atoms with Gasteiger partial charge in [0.2, 0.25) is 0 Å². The quantitative estimate of drug-likeness (QED) is 0.636. The molecule has 0 unspecified atom stereocenters. The minimum Gasteiger partial charge on any atom is -0.166 e. The Kier molecular flexibility index (Phi) is 3.09. The summed E-state index contributed by atoms with van der Waals surface area (Å²) in [5.41, 5.74) is -0.840. The molecule has 0 aliphatic carbocycles. The number of hydrogen-bond acceptors (Lipinski definition) is 0. The van der Waals surface area contributed by atoms with Crippen LogP contribution in [-0.2, 0) is 12.1 Å². The Morgan fingerprint density at radius 2 is 1.85 bits per heavy atom. The SMILES string of the molecule is FC(F)(F)c1cccc(Cl)c1CCl. The molecule has 0 bridgehead atoms. The van der Waals surface area contributed by atoms with Crippen molar-refractivity contribution in [2.24, 2.45) is 0 Å². The van der Waals surface area contributed by atoms with Crippen LogP contribution in [0.15, 0.2) is 18.2 Å². The Morgan fingerprint density at radius 3 is 2.23 bits per heavy atom. The average molecular weight is 229 g/mol. The smallest absolute Gasteiger partial charge is 0.166 e. The minimum atomic E-state index is -4.39. The van der Waals surface area contributed by atoms with Crippen molar-refractivity contribution in [3.05, 3.63) is 34.3 Å². The van der Waals surface area contributed by atoms with Gasteiger partial charge in [-0.05, 0) is 17.7 Å². The minimum absolute atomic E-state index is 0.0461. The first-order valence-electron chi connectivity index (χ1n) is 3.37. The van der Waals surface area contributed by atoms with Gasteiger partial charge in [0.15, 0.2) is 0 Å². The molecule has 1 aromatic carbocycles. The molecule has 5 heteroatoms. The second kappa shape index (κ2) is 3.76. The van der Waals surface area contributed by atoms with Crippen LogP contribution in [0, 0.1) is 0 Å². The predicted molar refractivity (Wildman–Crippen MR) is 46.0 cm³/mol. The zero-order valence-electron chi connectivity index (χ0n) is 6.33. The molecule has 0 amide bonds. The Balaban J connectivity index is 3.29. The first-order chi connectivity index (χ1) is 5.96. The number of hydrogen-bond donors (Lipinski definition) is 0. The molecule has 0 heterocycles. The molecule has 0 spiro atoms. The molecule has 0 aliphatic rings. The summed E-state index contributed by atoms with van der Waals surface area (Å²) < 4.78 is 36.9. The molecule has 1 aromatic rings. The Labute approximate surface area is 83.3 Å². The maximum absolute atomic E-state index is 12.3. The van der Waals surface area contributed by atoms with Crippen molar-refractivity contribution in [1.82, 2.24) is 0 Å². The lowest BCUT2D eigenvalue weighted by Gasteiger charge is -2.11. The second-order valence-corrected chi connectivity index (χ2v) is 3.07. The zero-order chi connectivity index (χ0) is 10.1. The zero-order valence-corrected chi connectivity index (χ0v) is 7.84. The first kappa shape index (κ1) is 10.7. The van der Waals surface area contributed by atoms with E-state index in [1.54, 1.807) is 0 Å². The van der Waals surface area contributed by atoms with E-state index in [1.807, 2.05) is 0 Å². The lowest BCUT2D eigenvalue weighted by atomic mass is 10.1. The highest BCUT2D eigenvalue weighted by molar-refractivity contribution is 6.32. The molecule has 13 heavy (non-hydrogen) atoms. The molecule has 0 fully saturated rings. The van der Waals surface area contributed by atoms with E-state index in [-0.39, 0.29) is 16.5 Å². The van der Waals surface area contributed by atoms with E-state index in [1.165, 1.54) is 12.1 Å². The Hall–Kier alpha value is -0.410. The molecule has 0 radical (unpaired) electrons. The van der Waals surface area contributed by atoms with E-state index in [0.29, 0.717) is 0 Å². The molecule has 72 valence electrons. The van der Waals surface area contributed by atoms with Crippen molar-refractivity contribution in [3.63, 3.8) is 0 Å². The van der Waals surface area contributed by atoms with Gasteiger partial charge in [-0.1, -0.05) is 17.7 Å². The normalized spacial score (nSPS) is 11.8. The van der Waals surface area contributed by atoms with Gasteiger partial charge in [-0.2, -0.15) is 13.2 Å². The van der Waals surface area contributed by atoms with Crippen molar-refractivity contribution < 1.29 is 13.2 Å². The van der Waals surface area contributed by atoms with Crippen molar-refractivity contribution in [3.8, 4) is 0 Å². The molecule has 0 atom stereocenters. The van der Waals surface area contributed by atoms with Gasteiger partial charge in [0.25, 0.3) is 0 Å². The van der Waals surface area contributed by atoms with Crippen LogP contribution in [-0.4, -0.2) is 0 Å². The molecule has 0 N–H and O–H groups in total. The lowest BCUT2D eigenvalue weighted by Crippen LogP contribution is -2.08. The maximum atomic E-state index is 12.3. The Bertz CT molecular complexity index is 307. The fourth-order valence-corrected chi connectivity index (χ4v) is 1.56. The summed E-state index contributed by atoms with van der Waals surface area (Å²) in [5.74, 6) is -0.242. The van der Waals surface area contributed by atoms with Gasteiger partial charge in [0, 0.05) is 10.9 Å². The molecular weight excluding hydrogens is 224 g/mol. The van der Waals surface area contributed by atoms with Crippen LogP contribution in [0.2, 0.25) is 5.02 Å². The van der Waals surface area contributed by atoms with E-state index in [2.05, 4.69) is 0 Å².